The Hall–Kier alpha value is -3.59. The third kappa shape index (κ3) is 3.67. The molecule has 0 bridgehead atoms. The van der Waals surface area contributed by atoms with Crippen LogP contribution in [0.4, 0.5) is 14.5 Å². The van der Waals surface area contributed by atoms with Crippen molar-refractivity contribution in [2.45, 2.75) is 12.5 Å². The molecule has 0 saturated carbocycles. The molecule has 0 fully saturated rings. The van der Waals surface area contributed by atoms with Gasteiger partial charge >= 0.3 is 0 Å². The fourth-order valence-electron chi connectivity index (χ4n) is 3.00. The van der Waals surface area contributed by atoms with Crippen LogP contribution in [-0.2, 0) is 15.6 Å². The van der Waals surface area contributed by atoms with E-state index in [0.29, 0.717) is 0 Å². The standard InChI is InChI=1S/C18H16F2N6O3S/c1-18(9-30(28,29)26(2)17(22)25-18)14-11(19)4-6-12(15(14)20)24-16(27)13-5-3-10(7-21)8-23-13/h3-6,8H,9H2,1-2H3,(H2,22,25)(H,24,27)/t18-/m0/s1. The lowest BCUT2D eigenvalue weighted by Gasteiger charge is -2.35. The van der Waals surface area contributed by atoms with Crippen LogP contribution in [0.2, 0.25) is 0 Å². The second-order valence-electron chi connectivity index (χ2n) is 6.75. The summed E-state index contributed by atoms with van der Waals surface area (Å²) in [5.41, 5.74) is 2.87. The number of sulfonamides is 1. The van der Waals surface area contributed by atoms with Gasteiger partial charge in [-0.25, -0.2) is 31.5 Å². The molecular weight excluding hydrogens is 418 g/mol. The zero-order valence-electron chi connectivity index (χ0n) is 15.8. The van der Waals surface area contributed by atoms with E-state index in [2.05, 4.69) is 15.3 Å². The van der Waals surface area contributed by atoms with Gasteiger partial charge in [0, 0.05) is 13.2 Å². The molecule has 2 heterocycles. The number of nitrogens with one attached hydrogen (secondary N) is 1. The Bertz CT molecular complexity index is 1210. The first-order valence-electron chi connectivity index (χ1n) is 8.46. The van der Waals surface area contributed by atoms with Crippen molar-refractivity contribution in [1.82, 2.24) is 9.29 Å². The minimum atomic E-state index is -3.96. The van der Waals surface area contributed by atoms with E-state index in [1.807, 2.05) is 6.07 Å². The van der Waals surface area contributed by atoms with Crippen molar-refractivity contribution in [2.75, 3.05) is 18.1 Å². The molecule has 1 atom stereocenters. The van der Waals surface area contributed by atoms with Crippen LogP contribution in [-0.4, -0.2) is 42.4 Å². The lowest BCUT2D eigenvalue weighted by molar-refractivity contribution is 0.102. The second-order valence-corrected chi connectivity index (χ2v) is 8.75. The number of nitriles is 1. The van der Waals surface area contributed by atoms with E-state index >= 15 is 4.39 Å². The van der Waals surface area contributed by atoms with Crippen molar-refractivity contribution in [3.05, 3.63) is 58.9 Å². The first-order valence-corrected chi connectivity index (χ1v) is 10.1. The number of pyridine rings is 1. The average Bonchev–Trinajstić information content (AvgIpc) is 2.68. The van der Waals surface area contributed by atoms with Gasteiger partial charge in [-0.2, -0.15) is 5.26 Å². The van der Waals surface area contributed by atoms with E-state index in [0.717, 1.165) is 16.4 Å². The molecule has 0 spiro atoms. The molecule has 9 nitrogen and oxygen atoms in total. The predicted octanol–water partition coefficient (Wildman–Crippen LogP) is 1.29. The number of carbonyl (C=O) groups is 1. The summed E-state index contributed by atoms with van der Waals surface area (Å²) in [6.07, 6.45) is 1.17. The zero-order chi connectivity index (χ0) is 22.3. The summed E-state index contributed by atoms with van der Waals surface area (Å²) in [5, 5.41) is 11.0. The Balaban J connectivity index is 2.02. The molecule has 0 unspecified atom stereocenters. The maximum Gasteiger partial charge on any atom is 0.274 e. The fourth-order valence-corrected chi connectivity index (χ4v) is 4.44. The van der Waals surface area contributed by atoms with E-state index in [1.165, 1.54) is 32.3 Å². The number of amides is 1. The highest BCUT2D eigenvalue weighted by Gasteiger charge is 2.43. The Morgan fingerprint density at radius 1 is 1.33 bits per heavy atom. The number of rotatable bonds is 3. The number of halogens is 2. The van der Waals surface area contributed by atoms with Crippen LogP contribution in [0, 0.1) is 23.0 Å². The highest BCUT2D eigenvalue weighted by Crippen LogP contribution is 2.37. The van der Waals surface area contributed by atoms with Gasteiger partial charge in [-0.1, -0.05) is 0 Å². The molecular formula is C18H16F2N6O3S. The number of anilines is 1. The van der Waals surface area contributed by atoms with Crippen LogP contribution >= 0.6 is 0 Å². The summed E-state index contributed by atoms with van der Waals surface area (Å²) in [6, 6.07) is 6.36. The first-order chi connectivity index (χ1) is 14.0. The minimum absolute atomic E-state index is 0.102. The van der Waals surface area contributed by atoms with E-state index < -0.39 is 56.1 Å². The number of guanidine groups is 1. The highest BCUT2D eigenvalue weighted by atomic mass is 32.2. The topological polar surface area (TPSA) is 142 Å². The third-order valence-corrected chi connectivity index (χ3v) is 6.52. The quantitative estimate of drug-likeness (QED) is 0.746. The molecule has 3 rings (SSSR count). The summed E-state index contributed by atoms with van der Waals surface area (Å²) in [7, 11) is -2.78. The van der Waals surface area contributed by atoms with Crippen LogP contribution in [0.5, 0.6) is 0 Å². The SMILES string of the molecule is CN1C(N)=N[C@](C)(c2c(F)ccc(NC(=O)c3ccc(C#N)cn3)c2F)CS1(=O)=O. The van der Waals surface area contributed by atoms with Crippen LogP contribution in [0.15, 0.2) is 35.5 Å². The van der Waals surface area contributed by atoms with Crippen molar-refractivity contribution in [2.24, 2.45) is 10.7 Å². The fraction of sp³-hybridized carbons (Fsp3) is 0.222. The molecule has 1 amide bonds. The van der Waals surface area contributed by atoms with Crippen molar-refractivity contribution in [3.63, 3.8) is 0 Å². The summed E-state index contributed by atoms with van der Waals surface area (Å²) in [4.78, 5) is 20.1. The maximum absolute atomic E-state index is 15.2. The van der Waals surface area contributed by atoms with Crippen LogP contribution in [0.3, 0.4) is 0 Å². The molecule has 0 aliphatic carbocycles. The van der Waals surface area contributed by atoms with E-state index in [-0.39, 0.29) is 11.3 Å². The van der Waals surface area contributed by atoms with Gasteiger partial charge in [-0.3, -0.25) is 4.79 Å². The summed E-state index contributed by atoms with van der Waals surface area (Å²) >= 11 is 0. The van der Waals surface area contributed by atoms with E-state index in [9.17, 15) is 17.6 Å². The van der Waals surface area contributed by atoms with Gasteiger partial charge < -0.3 is 11.1 Å². The Labute approximate surface area is 170 Å². The summed E-state index contributed by atoms with van der Waals surface area (Å²) < 4.78 is 55.1. The van der Waals surface area contributed by atoms with Gasteiger partial charge in [0.05, 0.1) is 22.6 Å². The minimum Gasteiger partial charge on any atom is -0.369 e. The molecule has 0 radical (unpaired) electrons. The number of nitrogens with zero attached hydrogens (tertiary/aromatic N) is 4. The van der Waals surface area contributed by atoms with Crippen molar-refractivity contribution < 1.29 is 22.0 Å². The number of aliphatic imine (C=N–C) groups is 1. The number of aromatic nitrogens is 1. The van der Waals surface area contributed by atoms with Crippen molar-refractivity contribution in [1.29, 1.82) is 5.26 Å². The summed E-state index contributed by atoms with van der Waals surface area (Å²) in [6.45, 7) is 1.24. The van der Waals surface area contributed by atoms with Gasteiger partial charge in [0.2, 0.25) is 16.0 Å². The number of carbonyl (C=O) groups excluding carboxylic acids is 1. The molecule has 2 aromatic rings. The van der Waals surface area contributed by atoms with Gasteiger partial charge in [0.1, 0.15) is 23.1 Å². The number of hydrogen-bond donors (Lipinski definition) is 2. The largest absolute Gasteiger partial charge is 0.369 e. The molecule has 3 N–H and O–H groups in total. The molecule has 1 aliphatic heterocycles. The van der Waals surface area contributed by atoms with Crippen LogP contribution < -0.4 is 11.1 Å². The lowest BCUT2D eigenvalue weighted by Crippen LogP contribution is -2.50. The predicted molar refractivity (Wildman–Crippen MR) is 104 cm³/mol. The van der Waals surface area contributed by atoms with Gasteiger partial charge in [-0.05, 0) is 31.2 Å². The molecule has 156 valence electrons. The normalized spacial score (nSPS) is 20.2. The Morgan fingerprint density at radius 3 is 2.60 bits per heavy atom. The van der Waals surface area contributed by atoms with E-state index in [1.54, 1.807) is 0 Å². The second kappa shape index (κ2) is 7.34. The highest BCUT2D eigenvalue weighted by molar-refractivity contribution is 7.89. The van der Waals surface area contributed by atoms with Gasteiger partial charge in [-0.15, -0.1) is 0 Å². The van der Waals surface area contributed by atoms with E-state index in [4.69, 9.17) is 11.0 Å². The molecule has 12 heteroatoms. The first kappa shape index (κ1) is 21.1. The smallest absolute Gasteiger partial charge is 0.274 e. The van der Waals surface area contributed by atoms with Crippen LogP contribution in [0.25, 0.3) is 0 Å². The Morgan fingerprint density at radius 2 is 2.03 bits per heavy atom. The average molecular weight is 434 g/mol. The summed E-state index contributed by atoms with van der Waals surface area (Å²) in [5.74, 6) is -4.17. The van der Waals surface area contributed by atoms with Crippen molar-refractivity contribution >= 4 is 27.6 Å². The van der Waals surface area contributed by atoms with Gasteiger partial charge in [0.25, 0.3) is 5.91 Å². The lowest BCUT2D eigenvalue weighted by atomic mass is 9.92. The molecule has 1 aliphatic rings. The maximum atomic E-state index is 15.2. The molecule has 1 aromatic carbocycles. The Kier molecular flexibility index (Phi) is 5.17. The van der Waals surface area contributed by atoms with Crippen LogP contribution in [0.1, 0.15) is 28.5 Å². The number of nitrogens with two attached hydrogens (primary N) is 1. The monoisotopic (exact) mass is 434 g/mol. The van der Waals surface area contributed by atoms with Crippen molar-refractivity contribution in [3.8, 4) is 6.07 Å². The van der Waals surface area contributed by atoms with Gasteiger partial charge in [0.15, 0.2) is 5.82 Å². The zero-order valence-corrected chi connectivity index (χ0v) is 16.7. The molecule has 1 aromatic heterocycles. The number of benzene rings is 1. The number of hydrogen-bond acceptors (Lipinski definition) is 7. The molecule has 30 heavy (non-hydrogen) atoms. The molecule has 0 saturated heterocycles. The third-order valence-electron chi connectivity index (χ3n) is 4.57.